The molecule has 1 N–H and O–H groups in total. The maximum Gasteiger partial charge on any atom is 0.243 e. The number of piperidine rings is 1. The lowest BCUT2D eigenvalue weighted by Crippen LogP contribution is -2.51. The normalized spacial score (nSPS) is 22.7. The monoisotopic (exact) mass is 389 g/mol. The van der Waals surface area contributed by atoms with Crippen molar-refractivity contribution in [3.05, 3.63) is 29.8 Å². The third kappa shape index (κ3) is 4.58. The molecule has 1 aromatic carbocycles. The van der Waals surface area contributed by atoms with Crippen molar-refractivity contribution in [3.63, 3.8) is 0 Å². The zero-order valence-corrected chi connectivity index (χ0v) is 15.5. The van der Waals surface area contributed by atoms with E-state index < -0.39 is 21.7 Å². The summed E-state index contributed by atoms with van der Waals surface area (Å²) in [7, 11) is -3.91. The van der Waals surface area contributed by atoms with Crippen molar-refractivity contribution >= 4 is 10.0 Å². The van der Waals surface area contributed by atoms with Gasteiger partial charge in [-0.05, 0) is 37.6 Å². The molecule has 2 aliphatic rings. The smallest absolute Gasteiger partial charge is 0.243 e. The van der Waals surface area contributed by atoms with Gasteiger partial charge >= 0.3 is 0 Å². The summed E-state index contributed by atoms with van der Waals surface area (Å²) >= 11 is 0. The molecule has 146 valence electrons. The lowest BCUT2D eigenvalue weighted by atomic mass is 10.1. The van der Waals surface area contributed by atoms with Gasteiger partial charge in [0, 0.05) is 38.8 Å². The molecule has 2 heterocycles. The van der Waals surface area contributed by atoms with E-state index in [1.165, 1.54) is 4.31 Å². The third-order valence-electron chi connectivity index (χ3n) is 4.92. The molecule has 2 fully saturated rings. The van der Waals surface area contributed by atoms with E-state index in [9.17, 15) is 17.2 Å². The second kappa shape index (κ2) is 8.71. The van der Waals surface area contributed by atoms with Crippen molar-refractivity contribution in [1.82, 2.24) is 14.5 Å². The largest absolute Gasteiger partial charge is 0.379 e. The molecule has 26 heavy (non-hydrogen) atoms. The van der Waals surface area contributed by atoms with Crippen LogP contribution in [0.3, 0.4) is 0 Å². The van der Waals surface area contributed by atoms with Crippen LogP contribution in [-0.4, -0.2) is 76.1 Å². The van der Waals surface area contributed by atoms with Crippen molar-refractivity contribution in [3.8, 4) is 0 Å². The third-order valence-corrected chi connectivity index (χ3v) is 6.86. The summed E-state index contributed by atoms with van der Waals surface area (Å²) in [4.78, 5) is 1.96. The fourth-order valence-corrected chi connectivity index (χ4v) is 5.07. The van der Waals surface area contributed by atoms with Crippen LogP contribution in [0.1, 0.15) is 12.8 Å². The average Bonchev–Trinajstić information content (AvgIpc) is 2.65. The first-order chi connectivity index (χ1) is 12.5. The number of nitrogens with zero attached hydrogens (tertiary/aromatic N) is 2. The van der Waals surface area contributed by atoms with Gasteiger partial charge in [0.1, 0.15) is 0 Å². The highest BCUT2D eigenvalue weighted by Gasteiger charge is 2.33. The number of rotatable bonds is 6. The molecule has 9 heteroatoms. The Kier molecular flexibility index (Phi) is 6.57. The number of benzene rings is 1. The molecule has 0 saturated carbocycles. The molecular formula is C17H25F2N3O3S. The zero-order valence-electron chi connectivity index (χ0n) is 14.7. The molecule has 0 aromatic heterocycles. The number of sulfonamides is 1. The van der Waals surface area contributed by atoms with Crippen LogP contribution >= 0.6 is 0 Å². The summed E-state index contributed by atoms with van der Waals surface area (Å²) in [5.74, 6) is -2.20. The Morgan fingerprint density at radius 3 is 2.65 bits per heavy atom. The van der Waals surface area contributed by atoms with Crippen molar-refractivity contribution < 1.29 is 21.9 Å². The minimum Gasteiger partial charge on any atom is -0.379 e. The minimum absolute atomic E-state index is 0.192. The van der Waals surface area contributed by atoms with Gasteiger partial charge in [0.15, 0.2) is 11.6 Å². The van der Waals surface area contributed by atoms with Gasteiger partial charge in [-0.3, -0.25) is 4.90 Å². The Balaban J connectivity index is 1.81. The Labute approximate surface area is 153 Å². The summed E-state index contributed by atoms with van der Waals surface area (Å²) in [6.45, 7) is 5.13. The first-order valence-electron chi connectivity index (χ1n) is 8.96. The predicted octanol–water partition coefficient (Wildman–Crippen LogP) is 1.04. The van der Waals surface area contributed by atoms with Crippen LogP contribution in [0, 0.1) is 11.6 Å². The highest BCUT2D eigenvalue weighted by Crippen LogP contribution is 2.23. The fraction of sp³-hybridized carbons (Fsp3) is 0.647. The topological polar surface area (TPSA) is 61.9 Å². The Hall–Kier alpha value is -1.13. The van der Waals surface area contributed by atoms with Gasteiger partial charge in [-0.15, -0.1) is 0 Å². The summed E-state index contributed by atoms with van der Waals surface area (Å²) in [5.41, 5.74) is 0. The van der Waals surface area contributed by atoms with E-state index in [4.69, 9.17) is 4.74 Å². The Morgan fingerprint density at radius 1 is 1.23 bits per heavy atom. The Morgan fingerprint density at radius 2 is 2.00 bits per heavy atom. The van der Waals surface area contributed by atoms with Gasteiger partial charge < -0.3 is 10.1 Å². The van der Waals surface area contributed by atoms with Crippen LogP contribution in [-0.2, 0) is 14.8 Å². The maximum absolute atomic E-state index is 13.6. The summed E-state index contributed by atoms with van der Waals surface area (Å²) < 4.78 is 59.9. The van der Waals surface area contributed by atoms with Crippen LogP contribution in [0.15, 0.2) is 23.1 Å². The lowest BCUT2D eigenvalue weighted by Gasteiger charge is -2.36. The molecule has 0 spiro atoms. The molecule has 0 amide bonds. The second-order valence-corrected chi connectivity index (χ2v) is 8.54. The molecular weight excluding hydrogens is 364 g/mol. The molecule has 0 aliphatic carbocycles. The van der Waals surface area contributed by atoms with Crippen molar-refractivity contribution in [2.75, 3.05) is 52.5 Å². The van der Waals surface area contributed by atoms with E-state index in [1.54, 1.807) is 0 Å². The predicted molar refractivity (Wildman–Crippen MR) is 93.4 cm³/mol. The number of halogens is 2. The van der Waals surface area contributed by atoms with Crippen LogP contribution in [0.4, 0.5) is 8.78 Å². The van der Waals surface area contributed by atoms with Crippen molar-refractivity contribution in [2.45, 2.75) is 23.8 Å². The van der Waals surface area contributed by atoms with Gasteiger partial charge in [-0.1, -0.05) is 0 Å². The van der Waals surface area contributed by atoms with Gasteiger partial charge in [0.05, 0.1) is 18.1 Å². The van der Waals surface area contributed by atoms with Crippen LogP contribution in [0.2, 0.25) is 0 Å². The van der Waals surface area contributed by atoms with Gasteiger partial charge in [0.2, 0.25) is 10.0 Å². The van der Waals surface area contributed by atoms with Gasteiger partial charge in [0.25, 0.3) is 0 Å². The van der Waals surface area contributed by atoms with E-state index >= 15 is 0 Å². The van der Waals surface area contributed by atoms with E-state index in [2.05, 4.69) is 10.2 Å². The molecule has 3 rings (SSSR count). The van der Waals surface area contributed by atoms with Crippen LogP contribution in [0.5, 0.6) is 0 Å². The zero-order chi connectivity index (χ0) is 18.6. The van der Waals surface area contributed by atoms with Crippen LogP contribution in [0.25, 0.3) is 0 Å². The SMILES string of the molecule is O=S(=O)(c1ccc(F)c(F)c1)N(CCN1CCOCC1)[C@H]1CCCNC1. The van der Waals surface area contributed by atoms with E-state index in [1.807, 2.05) is 0 Å². The van der Waals surface area contributed by atoms with Crippen LogP contribution < -0.4 is 5.32 Å². The van der Waals surface area contributed by atoms with E-state index in [-0.39, 0.29) is 10.9 Å². The standard InChI is InChI=1S/C17H25F2N3O3S/c18-16-4-3-15(12-17(16)19)26(23,24)22(14-2-1-5-20-13-14)7-6-21-8-10-25-11-9-21/h3-4,12,14,20H,1-2,5-11,13H2/t14-/m0/s1. The minimum atomic E-state index is -3.91. The van der Waals surface area contributed by atoms with E-state index in [0.717, 1.165) is 50.7 Å². The lowest BCUT2D eigenvalue weighted by molar-refractivity contribution is 0.0350. The molecule has 1 atom stereocenters. The number of ether oxygens (including phenoxy) is 1. The number of nitrogens with one attached hydrogen (secondary N) is 1. The highest BCUT2D eigenvalue weighted by molar-refractivity contribution is 7.89. The number of morpholine rings is 1. The molecule has 0 bridgehead atoms. The number of hydrogen-bond donors (Lipinski definition) is 1. The molecule has 0 unspecified atom stereocenters. The maximum atomic E-state index is 13.6. The fourth-order valence-electron chi connectivity index (χ4n) is 3.42. The summed E-state index contributed by atoms with van der Waals surface area (Å²) in [6.07, 6.45) is 1.63. The first-order valence-corrected chi connectivity index (χ1v) is 10.4. The first kappa shape index (κ1) is 19.6. The molecule has 2 saturated heterocycles. The van der Waals surface area contributed by atoms with Gasteiger partial charge in [-0.25, -0.2) is 17.2 Å². The van der Waals surface area contributed by atoms with Gasteiger partial charge in [-0.2, -0.15) is 4.31 Å². The Bertz CT molecular complexity index is 705. The van der Waals surface area contributed by atoms with Crippen molar-refractivity contribution in [2.24, 2.45) is 0 Å². The molecule has 2 aliphatic heterocycles. The summed E-state index contributed by atoms with van der Waals surface area (Å²) in [6, 6.07) is 2.57. The van der Waals surface area contributed by atoms with Crippen molar-refractivity contribution in [1.29, 1.82) is 0 Å². The number of hydrogen-bond acceptors (Lipinski definition) is 5. The second-order valence-electron chi connectivity index (χ2n) is 6.65. The molecule has 0 radical (unpaired) electrons. The molecule has 6 nitrogen and oxygen atoms in total. The summed E-state index contributed by atoms with van der Waals surface area (Å²) in [5, 5.41) is 3.22. The average molecular weight is 389 g/mol. The highest BCUT2D eigenvalue weighted by atomic mass is 32.2. The quantitative estimate of drug-likeness (QED) is 0.788. The molecule has 1 aromatic rings. The van der Waals surface area contributed by atoms with E-state index in [0.29, 0.717) is 32.8 Å².